The molecule has 200 valence electrons. The van der Waals surface area contributed by atoms with Gasteiger partial charge in [0.25, 0.3) is 0 Å². The number of methoxy groups -OCH3 is 2. The molecule has 0 bridgehead atoms. The number of allylic oxidation sites excluding steroid dienone is 4. The van der Waals surface area contributed by atoms with Crippen molar-refractivity contribution in [2.24, 2.45) is 10.8 Å². The van der Waals surface area contributed by atoms with Gasteiger partial charge in [0.1, 0.15) is 0 Å². The molecule has 0 radical (unpaired) electrons. The predicted octanol–water partition coefficient (Wildman–Crippen LogP) is 7.33. The Labute approximate surface area is 235 Å². The first kappa shape index (κ1) is 26.8. The molecule has 4 aliphatic rings. The van der Waals surface area contributed by atoms with E-state index in [2.05, 4.69) is 61.3 Å². The van der Waals surface area contributed by atoms with E-state index in [1.165, 1.54) is 30.7 Å². The number of ketones is 2. The first-order valence-electron chi connectivity index (χ1n) is 13.7. The fourth-order valence-corrected chi connectivity index (χ4v) is 8.06. The number of hydrogen-bond donors (Lipinski definition) is 0. The summed E-state index contributed by atoms with van der Waals surface area (Å²) in [5.41, 5.74) is 4.78. The monoisotopic (exact) mass is 617 g/mol. The molecule has 1 aliphatic heterocycles. The SMILES string of the molecule is COc1cc(C2C3=C(CC(C)(C)CC3=O)N(C3CCCCC3)C3=C2C(=O)CC(C)(C)C3)cc(I)c1OC. The third-order valence-corrected chi connectivity index (χ3v) is 9.48. The highest BCUT2D eigenvalue weighted by atomic mass is 127. The van der Waals surface area contributed by atoms with E-state index in [0.29, 0.717) is 30.4 Å². The van der Waals surface area contributed by atoms with Crippen LogP contribution in [0.4, 0.5) is 0 Å². The second kappa shape index (κ2) is 9.73. The molecule has 5 nitrogen and oxygen atoms in total. The van der Waals surface area contributed by atoms with Gasteiger partial charge in [0.15, 0.2) is 23.1 Å². The summed E-state index contributed by atoms with van der Waals surface area (Å²) in [6.07, 6.45) is 8.65. The summed E-state index contributed by atoms with van der Waals surface area (Å²) in [5.74, 6) is 1.33. The topological polar surface area (TPSA) is 55.8 Å². The highest BCUT2D eigenvalue weighted by molar-refractivity contribution is 14.1. The summed E-state index contributed by atoms with van der Waals surface area (Å²) >= 11 is 2.27. The van der Waals surface area contributed by atoms with E-state index in [4.69, 9.17) is 9.47 Å². The molecule has 0 spiro atoms. The molecule has 0 saturated heterocycles. The minimum absolute atomic E-state index is 0.105. The minimum Gasteiger partial charge on any atom is -0.493 e. The lowest BCUT2D eigenvalue weighted by molar-refractivity contribution is -0.119. The van der Waals surface area contributed by atoms with Crippen LogP contribution in [0, 0.1) is 14.4 Å². The van der Waals surface area contributed by atoms with E-state index >= 15 is 0 Å². The molecule has 6 heteroatoms. The average Bonchev–Trinajstić information content (AvgIpc) is 2.81. The Morgan fingerprint density at radius 1 is 0.811 bits per heavy atom. The van der Waals surface area contributed by atoms with Gasteiger partial charge in [0.2, 0.25) is 0 Å². The van der Waals surface area contributed by atoms with E-state index in [1.54, 1.807) is 14.2 Å². The minimum atomic E-state index is -0.356. The summed E-state index contributed by atoms with van der Waals surface area (Å²) in [5, 5.41) is 0. The fraction of sp³-hybridized carbons (Fsp3) is 0.613. The maximum Gasteiger partial charge on any atom is 0.174 e. The number of nitrogens with zero attached hydrogens (tertiary/aromatic N) is 1. The van der Waals surface area contributed by atoms with Gasteiger partial charge in [0, 0.05) is 47.3 Å². The molecular weight excluding hydrogens is 577 g/mol. The Kier molecular flexibility index (Phi) is 7.04. The maximum absolute atomic E-state index is 14.1. The number of hydrogen-bond acceptors (Lipinski definition) is 5. The Bertz CT molecular complexity index is 1150. The van der Waals surface area contributed by atoms with Crippen LogP contribution in [-0.4, -0.2) is 36.7 Å². The zero-order chi connectivity index (χ0) is 26.7. The van der Waals surface area contributed by atoms with Crippen LogP contribution >= 0.6 is 22.6 Å². The van der Waals surface area contributed by atoms with Crippen molar-refractivity contribution in [3.05, 3.63) is 43.8 Å². The summed E-state index contributed by atoms with van der Waals surface area (Å²) in [6.45, 7) is 8.84. The van der Waals surface area contributed by atoms with Gasteiger partial charge in [-0.1, -0.05) is 47.0 Å². The fourth-order valence-electron chi connectivity index (χ4n) is 7.21. The molecule has 0 unspecified atom stereocenters. The van der Waals surface area contributed by atoms with Crippen molar-refractivity contribution in [1.29, 1.82) is 0 Å². The first-order chi connectivity index (χ1) is 17.5. The summed E-state index contributed by atoms with van der Waals surface area (Å²) < 4.78 is 12.2. The van der Waals surface area contributed by atoms with Crippen LogP contribution in [0.3, 0.4) is 0 Å². The van der Waals surface area contributed by atoms with Gasteiger partial charge in [-0.15, -0.1) is 0 Å². The molecule has 5 rings (SSSR count). The molecule has 3 aliphatic carbocycles. The van der Waals surface area contributed by atoms with Gasteiger partial charge in [-0.3, -0.25) is 9.59 Å². The lowest BCUT2D eigenvalue weighted by atomic mass is 9.63. The summed E-state index contributed by atoms with van der Waals surface area (Å²) in [7, 11) is 3.28. The van der Waals surface area contributed by atoms with Crippen LogP contribution in [-0.2, 0) is 9.59 Å². The Balaban J connectivity index is 1.79. The molecule has 1 heterocycles. The largest absolute Gasteiger partial charge is 0.493 e. The summed E-state index contributed by atoms with van der Waals surface area (Å²) in [4.78, 5) is 30.6. The molecular formula is C31H40INO4. The molecule has 0 amide bonds. The van der Waals surface area contributed by atoms with Crippen LogP contribution in [0.2, 0.25) is 0 Å². The normalized spacial score (nSPS) is 24.2. The molecule has 1 aromatic rings. The molecule has 0 N–H and O–H groups in total. The quantitative estimate of drug-likeness (QED) is 0.332. The van der Waals surface area contributed by atoms with Crippen molar-refractivity contribution in [2.75, 3.05) is 14.2 Å². The number of carbonyl (C=O) groups excluding carboxylic acids is 2. The average molecular weight is 618 g/mol. The van der Waals surface area contributed by atoms with Crippen LogP contribution in [0.5, 0.6) is 11.5 Å². The van der Waals surface area contributed by atoms with Crippen molar-refractivity contribution in [3.63, 3.8) is 0 Å². The number of benzene rings is 1. The highest BCUT2D eigenvalue weighted by Crippen LogP contribution is 2.56. The lowest BCUT2D eigenvalue weighted by Gasteiger charge is -2.52. The molecule has 1 fully saturated rings. The van der Waals surface area contributed by atoms with Gasteiger partial charge in [0.05, 0.1) is 17.8 Å². The van der Waals surface area contributed by atoms with Crippen LogP contribution in [0.1, 0.15) is 97.0 Å². The third kappa shape index (κ3) is 4.76. The first-order valence-corrected chi connectivity index (χ1v) is 14.8. The van der Waals surface area contributed by atoms with Gasteiger partial charge in [-0.05, 0) is 76.8 Å². The van der Waals surface area contributed by atoms with Crippen LogP contribution in [0.15, 0.2) is 34.7 Å². The molecule has 0 atom stereocenters. The van der Waals surface area contributed by atoms with E-state index in [1.807, 2.05) is 6.07 Å². The Hall–Kier alpha value is -1.83. The zero-order valence-corrected chi connectivity index (χ0v) is 25.3. The number of rotatable bonds is 4. The standard InChI is InChI=1S/C31H40INO4/c1-30(2)14-21-27(23(34)16-30)26(18-12-20(32)29(37-6)25(13-18)36-5)28-22(15-31(3,4)17-24(28)35)33(21)19-10-8-7-9-11-19/h12-13,19,26H,7-11,14-17H2,1-6H3. The number of halogens is 1. The number of Topliss-reactive ketones (excluding diaryl/α,β-unsaturated/α-hetero) is 2. The Morgan fingerprint density at radius 3 is 1.84 bits per heavy atom. The van der Waals surface area contributed by atoms with Crippen molar-refractivity contribution in [2.45, 2.75) is 97.4 Å². The number of ether oxygens (including phenoxy) is 2. The molecule has 1 aromatic carbocycles. The van der Waals surface area contributed by atoms with Crippen LogP contribution in [0.25, 0.3) is 0 Å². The third-order valence-electron chi connectivity index (χ3n) is 8.68. The lowest BCUT2D eigenvalue weighted by Crippen LogP contribution is -2.48. The van der Waals surface area contributed by atoms with Crippen molar-refractivity contribution < 1.29 is 19.1 Å². The predicted molar refractivity (Wildman–Crippen MR) is 154 cm³/mol. The number of carbonyl (C=O) groups is 2. The van der Waals surface area contributed by atoms with E-state index < -0.39 is 0 Å². The molecule has 1 saturated carbocycles. The Morgan fingerprint density at radius 2 is 1.35 bits per heavy atom. The van der Waals surface area contributed by atoms with Crippen LogP contribution < -0.4 is 9.47 Å². The van der Waals surface area contributed by atoms with E-state index in [9.17, 15) is 9.59 Å². The van der Waals surface area contributed by atoms with Gasteiger partial charge >= 0.3 is 0 Å². The molecule has 0 aromatic heterocycles. The van der Waals surface area contributed by atoms with Crippen molar-refractivity contribution >= 4 is 34.2 Å². The van der Waals surface area contributed by atoms with Crippen molar-refractivity contribution in [3.8, 4) is 11.5 Å². The highest BCUT2D eigenvalue weighted by Gasteiger charge is 2.50. The maximum atomic E-state index is 14.1. The van der Waals surface area contributed by atoms with E-state index in [0.717, 1.165) is 46.0 Å². The van der Waals surface area contributed by atoms with Gasteiger partial charge in [-0.25, -0.2) is 0 Å². The van der Waals surface area contributed by atoms with E-state index in [-0.39, 0.29) is 28.3 Å². The second-order valence-corrected chi connectivity index (χ2v) is 14.1. The zero-order valence-electron chi connectivity index (χ0n) is 23.1. The second-order valence-electron chi connectivity index (χ2n) is 12.9. The van der Waals surface area contributed by atoms with Crippen molar-refractivity contribution in [1.82, 2.24) is 4.90 Å². The smallest absolute Gasteiger partial charge is 0.174 e. The van der Waals surface area contributed by atoms with Gasteiger partial charge < -0.3 is 14.4 Å². The molecule has 37 heavy (non-hydrogen) atoms. The van der Waals surface area contributed by atoms with Gasteiger partial charge in [-0.2, -0.15) is 0 Å². The summed E-state index contributed by atoms with van der Waals surface area (Å²) in [6, 6.07) is 4.42.